The van der Waals surface area contributed by atoms with Crippen LogP contribution in [0, 0.1) is 0 Å². The van der Waals surface area contributed by atoms with Gasteiger partial charge in [0.1, 0.15) is 17.0 Å². The SMILES string of the molecule is CC(C)(O)Cc1nc2c(-c3cn[nH]c3)nc(-c3ccc(C(F)(F)F)cn3)cc2c(=O)[nH]1. The number of aromatic amines is 2. The summed E-state index contributed by atoms with van der Waals surface area (Å²) in [5.74, 6) is 0.275. The molecule has 0 aliphatic carbocycles. The Bertz CT molecular complexity index is 1290. The first-order valence-corrected chi connectivity index (χ1v) is 9.20. The molecule has 0 atom stereocenters. The van der Waals surface area contributed by atoms with Crippen molar-refractivity contribution in [1.82, 2.24) is 30.1 Å². The Labute approximate surface area is 173 Å². The molecule has 11 heteroatoms. The number of pyridine rings is 2. The molecule has 0 aromatic carbocycles. The molecule has 0 amide bonds. The van der Waals surface area contributed by atoms with Gasteiger partial charge in [0, 0.05) is 24.4 Å². The summed E-state index contributed by atoms with van der Waals surface area (Å²) in [5, 5.41) is 16.8. The summed E-state index contributed by atoms with van der Waals surface area (Å²) in [4.78, 5) is 28.3. The summed E-state index contributed by atoms with van der Waals surface area (Å²) < 4.78 is 38.6. The number of halogens is 3. The van der Waals surface area contributed by atoms with Gasteiger partial charge in [-0.2, -0.15) is 18.3 Å². The van der Waals surface area contributed by atoms with E-state index in [2.05, 4.69) is 30.1 Å². The molecule has 0 unspecified atom stereocenters. The lowest BCUT2D eigenvalue weighted by Crippen LogP contribution is -2.25. The van der Waals surface area contributed by atoms with Crippen LogP contribution in [0.2, 0.25) is 0 Å². The molecule has 0 fully saturated rings. The van der Waals surface area contributed by atoms with Crippen LogP contribution in [0.15, 0.2) is 41.6 Å². The third-order valence-corrected chi connectivity index (χ3v) is 4.47. The van der Waals surface area contributed by atoms with E-state index in [1.807, 2.05) is 0 Å². The average molecular weight is 430 g/mol. The third kappa shape index (κ3) is 4.31. The summed E-state index contributed by atoms with van der Waals surface area (Å²) in [6.07, 6.45) is -0.643. The second-order valence-corrected chi connectivity index (χ2v) is 7.67. The number of alkyl halides is 3. The second-order valence-electron chi connectivity index (χ2n) is 7.67. The van der Waals surface area contributed by atoms with Gasteiger partial charge < -0.3 is 10.1 Å². The molecule has 4 heterocycles. The van der Waals surface area contributed by atoms with E-state index in [0.29, 0.717) is 17.5 Å². The van der Waals surface area contributed by atoms with Gasteiger partial charge >= 0.3 is 6.18 Å². The van der Waals surface area contributed by atoms with Crippen molar-refractivity contribution in [3.05, 3.63) is 58.5 Å². The van der Waals surface area contributed by atoms with Gasteiger partial charge in [-0.05, 0) is 32.0 Å². The average Bonchev–Trinajstić information content (AvgIpc) is 3.20. The molecule has 4 aromatic heterocycles. The Balaban J connectivity index is 1.92. The number of nitrogens with one attached hydrogen (secondary N) is 2. The van der Waals surface area contributed by atoms with Gasteiger partial charge in [-0.15, -0.1) is 0 Å². The molecule has 31 heavy (non-hydrogen) atoms. The summed E-state index contributed by atoms with van der Waals surface area (Å²) in [6, 6.07) is 3.52. The Morgan fingerprint density at radius 3 is 2.45 bits per heavy atom. The zero-order chi connectivity index (χ0) is 22.4. The molecular formula is C20H17F3N6O2. The zero-order valence-corrected chi connectivity index (χ0v) is 16.4. The molecule has 0 aliphatic heterocycles. The van der Waals surface area contributed by atoms with Gasteiger partial charge in [0.15, 0.2) is 0 Å². The third-order valence-electron chi connectivity index (χ3n) is 4.47. The molecule has 3 N–H and O–H groups in total. The summed E-state index contributed by atoms with van der Waals surface area (Å²) in [6.45, 7) is 3.18. The van der Waals surface area contributed by atoms with Crippen molar-refractivity contribution in [3.8, 4) is 22.6 Å². The number of fused-ring (bicyclic) bond motifs is 1. The molecule has 0 saturated carbocycles. The maximum Gasteiger partial charge on any atom is 0.417 e. The molecule has 0 spiro atoms. The van der Waals surface area contributed by atoms with Crippen LogP contribution in [0.5, 0.6) is 0 Å². The lowest BCUT2D eigenvalue weighted by molar-refractivity contribution is -0.137. The number of aromatic nitrogens is 6. The molecule has 0 radical (unpaired) electrons. The molecule has 4 aromatic rings. The Kier molecular flexibility index (Phi) is 4.85. The standard InChI is InChI=1S/C20H17F3N6O2/c1-19(2,31)6-15-28-17-12(18(30)29-15)5-14(27-16(17)10-7-25-26-8-10)13-4-3-11(9-24-13)20(21,22)23/h3-5,7-9,31H,6H2,1-2H3,(H,25,26)(H,28,29,30). The molecular weight excluding hydrogens is 413 g/mol. The largest absolute Gasteiger partial charge is 0.417 e. The zero-order valence-electron chi connectivity index (χ0n) is 16.4. The lowest BCUT2D eigenvalue weighted by Gasteiger charge is -2.16. The molecule has 0 aliphatic rings. The van der Waals surface area contributed by atoms with Gasteiger partial charge in [-0.3, -0.25) is 14.9 Å². The van der Waals surface area contributed by atoms with Crippen LogP contribution < -0.4 is 5.56 Å². The minimum Gasteiger partial charge on any atom is -0.390 e. The van der Waals surface area contributed by atoms with E-state index < -0.39 is 22.9 Å². The van der Waals surface area contributed by atoms with Crippen LogP contribution in [0.3, 0.4) is 0 Å². The fourth-order valence-corrected chi connectivity index (χ4v) is 3.11. The normalized spacial score (nSPS) is 12.5. The quantitative estimate of drug-likeness (QED) is 0.458. The van der Waals surface area contributed by atoms with Crippen LogP contribution in [0.4, 0.5) is 13.2 Å². The highest BCUT2D eigenvalue weighted by Gasteiger charge is 2.30. The topological polar surface area (TPSA) is 120 Å². The van der Waals surface area contributed by atoms with Crippen molar-refractivity contribution in [2.75, 3.05) is 0 Å². The van der Waals surface area contributed by atoms with Crippen LogP contribution in [-0.2, 0) is 12.6 Å². The van der Waals surface area contributed by atoms with Gasteiger partial charge in [0.2, 0.25) is 0 Å². The van der Waals surface area contributed by atoms with Crippen molar-refractivity contribution in [3.63, 3.8) is 0 Å². The first kappa shape index (κ1) is 20.7. The van der Waals surface area contributed by atoms with Gasteiger partial charge in [-0.25, -0.2) is 9.97 Å². The predicted molar refractivity (Wildman–Crippen MR) is 106 cm³/mol. The maximum absolute atomic E-state index is 12.9. The fourth-order valence-electron chi connectivity index (χ4n) is 3.11. The molecule has 160 valence electrons. The van der Waals surface area contributed by atoms with Crippen molar-refractivity contribution in [2.45, 2.75) is 32.0 Å². The Hall–Kier alpha value is -3.60. The van der Waals surface area contributed by atoms with E-state index in [1.54, 1.807) is 20.0 Å². The summed E-state index contributed by atoms with van der Waals surface area (Å²) in [5.41, 5.74) is -0.958. The van der Waals surface area contributed by atoms with Crippen molar-refractivity contribution in [2.24, 2.45) is 0 Å². The van der Waals surface area contributed by atoms with Gasteiger partial charge in [0.25, 0.3) is 5.56 Å². The predicted octanol–water partition coefficient (Wildman–Crippen LogP) is 3.10. The highest BCUT2D eigenvalue weighted by atomic mass is 19.4. The number of hydrogen-bond donors (Lipinski definition) is 3. The highest BCUT2D eigenvalue weighted by Crippen LogP contribution is 2.31. The smallest absolute Gasteiger partial charge is 0.390 e. The molecule has 8 nitrogen and oxygen atoms in total. The number of aliphatic hydroxyl groups is 1. The fraction of sp³-hybridized carbons (Fsp3) is 0.250. The maximum atomic E-state index is 12.9. The van der Waals surface area contributed by atoms with Crippen LogP contribution in [0.25, 0.3) is 33.5 Å². The first-order valence-electron chi connectivity index (χ1n) is 9.20. The molecule has 0 saturated heterocycles. The van der Waals surface area contributed by atoms with Crippen LogP contribution in [-0.4, -0.2) is 40.8 Å². The van der Waals surface area contributed by atoms with Crippen molar-refractivity contribution < 1.29 is 18.3 Å². The van der Waals surface area contributed by atoms with E-state index in [-0.39, 0.29) is 34.5 Å². The minimum atomic E-state index is -4.51. The highest BCUT2D eigenvalue weighted by molar-refractivity contribution is 5.93. The molecule has 4 rings (SSSR count). The van der Waals surface area contributed by atoms with E-state index >= 15 is 0 Å². The van der Waals surface area contributed by atoms with E-state index in [0.717, 1.165) is 6.07 Å². The monoisotopic (exact) mass is 430 g/mol. The van der Waals surface area contributed by atoms with Gasteiger partial charge in [-0.1, -0.05) is 0 Å². The number of H-pyrrole nitrogens is 2. The van der Waals surface area contributed by atoms with Gasteiger partial charge in [0.05, 0.1) is 34.1 Å². The van der Waals surface area contributed by atoms with E-state index in [1.165, 1.54) is 18.3 Å². The first-order chi connectivity index (χ1) is 14.5. The summed E-state index contributed by atoms with van der Waals surface area (Å²) >= 11 is 0. The molecule has 0 bridgehead atoms. The lowest BCUT2D eigenvalue weighted by atomic mass is 10.0. The number of rotatable bonds is 4. The van der Waals surface area contributed by atoms with Crippen molar-refractivity contribution in [1.29, 1.82) is 0 Å². The van der Waals surface area contributed by atoms with E-state index in [9.17, 15) is 23.1 Å². The van der Waals surface area contributed by atoms with Crippen LogP contribution >= 0.6 is 0 Å². The second kappa shape index (κ2) is 7.27. The van der Waals surface area contributed by atoms with Crippen LogP contribution in [0.1, 0.15) is 25.2 Å². The number of nitrogens with zero attached hydrogens (tertiary/aromatic N) is 4. The van der Waals surface area contributed by atoms with Crippen molar-refractivity contribution >= 4 is 10.9 Å². The Morgan fingerprint density at radius 2 is 1.87 bits per heavy atom. The number of hydrogen-bond acceptors (Lipinski definition) is 6. The Morgan fingerprint density at radius 1 is 1.10 bits per heavy atom. The van der Waals surface area contributed by atoms with E-state index in [4.69, 9.17) is 0 Å². The summed E-state index contributed by atoms with van der Waals surface area (Å²) in [7, 11) is 0. The minimum absolute atomic E-state index is 0.102.